The number of nitrogens with one attached hydrogen (secondary N) is 2. The van der Waals surface area contributed by atoms with Crippen LogP contribution in [0.2, 0.25) is 0 Å². The molecule has 144 valence electrons. The Kier molecular flexibility index (Phi) is 6.88. The number of amides is 3. The van der Waals surface area contributed by atoms with Crippen molar-refractivity contribution in [2.75, 3.05) is 18.4 Å². The quantitative estimate of drug-likeness (QED) is 0.817. The van der Waals surface area contributed by atoms with Crippen molar-refractivity contribution >= 4 is 28.4 Å². The van der Waals surface area contributed by atoms with Crippen molar-refractivity contribution in [2.45, 2.75) is 64.3 Å². The van der Waals surface area contributed by atoms with Gasteiger partial charge in [-0.05, 0) is 31.1 Å². The Bertz CT molecular complexity index is 586. The highest BCUT2D eigenvalue weighted by molar-refractivity contribution is 7.13. The third kappa shape index (κ3) is 5.19. The third-order valence-electron chi connectivity index (χ3n) is 5.76. The first kappa shape index (κ1) is 19.1. The van der Waals surface area contributed by atoms with Gasteiger partial charge in [0.1, 0.15) is 0 Å². The molecule has 1 saturated heterocycles. The van der Waals surface area contributed by atoms with Crippen LogP contribution in [0.5, 0.6) is 0 Å². The van der Waals surface area contributed by atoms with Gasteiger partial charge in [-0.1, -0.05) is 32.6 Å². The molecular weight excluding hydrogens is 348 g/mol. The number of piperidine rings is 1. The molecule has 3 rings (SSSR count). The molecule has 1 aromatic rings. The van der Waals surface area contributed by atoms with Crippen LogP contribution < -0.4 is 10.6 Å². The minimum atomic E-state index is 0.0310. The molecular formula is C19H30N4O2S. The van der Waals surface area contributed by atoms with Crippen molar-refractivity contribution in [3.63, 3.8) is 0 Å². The average molecular weight is 379 g/mol. The van der Waals surface area contributed by atoms with Gasteiger partial charge in [0.15, 0.2) is 5.13 Å². The molecule has 1 saturated carbocycles. The minimum absolute atomic E-state index is 0.0310. The van der Waals surface area contributed by atoms with Crippen molar-refractivity contribution in [1.82, 2.24) is 15.2 Å². The normalized spacial score (nSPS) is 24.3. The summed E-state index contributed by atoms with van der Waals surface area (Å²) in [5.41, 5.74) is 0. The molecule has 0 radical (unpaired) electrons. The van der Waals surface area contributed by atoms with E-state index < -0.39 is 0 Å². The van der Waals surface area contributed by atoms with Crippen LogP contribution in [0, 0.1) is 11.8 Å². The molecule has 1 aromatic heterocycles. The maximum absolute atomic E-state index is 12.6. The van der Waals surface area contributed by atoms with Crippen LogP contribution in [-0.2, 0) is 4.79 Å². The van der Waals surface area contributed by atoms with Gasteiger partial charge < -0.3 is 15.5 Å². The van der Waals surface area contributed by atoms with Crippen LogP contribution in [0.1, 0.15) is 58.3 Å². The molecule has 0 unspecified atom stereocenters. The number of rotatable bonds is 5. The number of carbonyl (C=O) groups excluding carboxylic acids is 2. The third-order valence-corrected chi connectivity index (χ3v) is 6.45. The molecule has 7 heteroatoms. The lowest BCUT2D eigenvalue weighted by Gasteiger charge is -2.39. The molecule has 3 amide bonds. The van der Waals surface area contributed by atoms with Crippen molar-refractivity contribution in [2.24, 2.45) is 11.8 Å². The van der Waals surface area contributed by atoms with Crippen LogP contribution in [0.4, 0.5) is 9.93 Å². The first-order valence-electron chi connectivity index (χ1n) is 9.90. The number of thiazole rings is 1. The van der Waals surface area contributed by atoms with Gasteiger partial charge in [-0.25, -0.2) is 9.78 Å². The van der Waals surface area contributed by atoms with Crippen LogP contribution >= 0.6 is 11.3 Å². The number of urea groups is 1. The SMILES string of the molecule is CC[C@H]1CN(C(=O)NC2CCCCC2)CC[C@H]1CC(=O)Nc1nccs1. The number of hydrogen-bond acceptors (Lipinski definition) is 4. The Labute approximate surface area is 159 Å². The zero-order valence-electron chi connectivity index (χ0n) is 15.6. The topological polar surface area (TPSA) is 74.3 Å². The molecule has 2 fully saturated rings. The van der Waals surface area contributed by atoms with Gasteiger partial charge in [0, 0.05) is 37.1 Å². The van der Waals surface area contributed by atoms with Gasteiger partial charge in [-0.2, -0.15) is 0 Å². The molecule has 1 aliphatic heterocycles. The number of aromatic nitrogens is 1. The first-order chi connectivity index (χ1) is 12.7. The average Bonchev–Trinajstić information content (AvgIpc) is 3.15. The van der Waals surface area contributed by atoms with Gasteiger partial charge in [0.25, 0.3) is 0 Å². The molecule has 0 bridgehead atoms. The number of carbonyl (C=O) groups is 2. The molecule has 26 heavy (non-hydrogen) atoms. The summed E-state index contributed by atoms with van der Waals surface area (Å²) in [5.74, 6) is 0.741. The van der Waals surface area contributed by atoms with Crippen LogP contribution in [0.25, 0.3) is 0 Å². The summed E-state index contributed by atoms with van der Waals surface area (Å²) in [4.78, 5) is 30.9. The number of anilines is 1. The number of likely N-dealkylation sites (tertiary alicyclic amines) is 1. The summed E-state index contributed by atoms with van der Waals surface area (Å²) >= 11 is 1.44. The van der Waals surface area contributed by atoms with Gasteiger partial charge in [-0.15, -0.1) is 11.3 Å². The van der Waals surface area contributed by atoms with Gasteiger partial charge in [0.2, 0.25) is 5.91 Å². The van der Waals surface area contributed by atoms with Crippen LogP contribution in [0.15, 0.2) is 11.6 Å². The Morgan fingerprint density at radius 1 is 1.23 bits per heavy atom. The second kappa shape index (κ2) is 9.35. The largest absolute Gasteiger partial charge is 0.335 e. The maximum atomic E-state index is 12.6. The van der Waals surface area contributed by atoms with Gasteiger partial charge >= 0.3 is 6.03 Å². The highest BCUT2D eigenvalue weighted by atomic mass is 32.1. The van der Waals surface area contributed by atoms with Gasteiger partial charge in [0.05, 0.1) is 0 Å². The summed E-state index contributed by atoms with van der Waals surface area (Å²) in [6.45, 7) is 3.65. The first-order valence-corrected chi connectivity index (χ1v) is 10.8. The zero-order valence-corrected chi connectivity index (χ0v) is 16.4. The fraction of sp³-hybridized carbons (Fsp3) is 0.737. The molecule has 2 atom stereocenters. The van der Waals surface area contributed by atoms with E-state index >= 15 is 0 Å². The Morgan fingerprint density at radius 2 is 2.04 bits per heavy atom. The lowest BCUT2D eigenvalue weighted by atomic mass is 9.81. The molecule has 6 nitrogen and oxygen atoms in total. The van der Waals surface area contributed by atoms with E-state index in [4.69, 9.17) is 0 Å². The lowest BCUT2D eigenvalue weighted by molar-refractivity contribution is -0.117. The molecule has 2 heterocycles. The Morgan fingerprint density at radius 3 is 2.73 bits per heavy atom. The molecule has 2 aliphatic rings. The second-order valence-electron chi connectivity index (χ2n) is 7.54. The summed E-state index contributed by atoms with van der Waals surface area (Å²) in [7, 11) is 0. The minimum Gasteiger partial charge on any atom is -0.335 e. The van der Waals surface area contributed by atoms with E-state index in [0.717, 1.165) is 38.8 Å². The van der Waals surface area contributed by atoms with Crippen molar-refractivity contribution < 1.29 is 9.59 Å². The van der Waals surface area contributed by atoms with E-state index in [1.165, 1.54) is 30.6 Å². The van der Waals surface area contributed by atoms with Crippen molar-refractivity contribution in [1.29, 1.82) is 0 Å². The summed E-state index contributed by atoms with van der Waals surface area (Å²) in [6, 6.07) is 0.430. The standard InChI is InChI=1S/C19H30N4O2S/c1-2-14-13-23(19(25)21-16-6-4-3-5-7-16)10-8-15(14)12-17(24)22-18-20-9-11-26-18/h9,11,14-16H,2-8,10,12-13H2,1H3,(H,21,25)(H,20,22,24)/t14-,15-/m0/s1. The van der Waals surface area contributed by atoms with Crippen LogP contribution in [0.3, 0.4) is 0 Å². The summed E-state index contributed by atoms with van der Waals surface area (Å²) in [5, 5.41) is 8.61. The van der Waals surface area contributed by atoms with E-state index in [0.29, 0.717) is 29.4 Å². The van der Waals surface area contributed by atoms with E-state index in [2.05, 4.69) is 22.5 Å². The number of hydrogen-bond donors (Lipinski definition) is 2. The van der Waals surface area contributed by atoms with Crippen molar-refractivity contribution in [3.05, 3.63) is 11.6 Å². The smallest absolute Gasteiger partial charge is 0.317 e. The highest BCUT2D eigenvalue weighted by Gasteiger charge is 2.32. The fourth-order valence-electron chi connectivity index (χ4n) is 4.20. The van der Waals surface area contributed by atoms with E-state index in [1.807, 2.05) is 10.3 Å². The summed E-state index contributed by atoms with van der Waals surface area (Å²) in [6.07, 6.45) is 10.0. The summed E-state index contributed by atoms with van der Waals surface area (Å²) < 4.78 is 0. The van der Waals surface area contributed by atoms with E-state index in [1.54, 1.807) is 6.20 Å². The Hall–Kier alpha value is -1.63. The van der Waals surface area contributed by atoms with Crippen LogP contribution in [-0.4, -0.2) is 41.0 Å². The van der Waals surface area contributed by atoms with E-state index in [-0.39, 0.29) is 11.9 Å². The highest BCUT2D eigenvalue weighted by Crippen LogP contribution is 2.30. The molecule has 1 aliphatic carbocycles. The maximum Gasteiger partial charge on any atom is 0.317 e. The lowest BCUT2D eigenvalue weighted by Crippen LogP contribution is -2.51. The predicted octanol–water partition coefficient (Wildman–Crippen LogP) is 3.86. The molecule has 0 aromatic carbocycles. The second-order valence-corrected chi connectivity index (χ2v) is 8.43. The fourth-order valence-corrected chi connectivity index (χ4v) is 4.75. The zero-order chi connectivity index (χ0) is 18.4. The monoisotopic (exact) mass is 378 g/mol. The van der Waals surface area contributed by atoms with Crippen molar-refractivity contribution in [3.8, 4) is 0 Å². The Balaban J connectivity index is 1.48. The predicted molar refractivity (Wildman–Crippen MR) is 104 cm³/mol. The molecule has 0 spiro atoms. The molecule has 2 N–H and O–H groups in total. The van der Waals surface area contributed by atoms with E-state index in [9.17, 15) is 9.59 Å². The number of nitrogens with zero attached hydrogens (tertiary/aromatic N) is 2. The van der Waals surface area contributed by atoms with Gasteiger partial charge in [-0.3, -0.25) is 4.79 Å².